The summed E-state index contributed by atoms with van der Waals surface area (Å²) in [6, 6.07) is 9.79. The molecule has 0 saturated heterocycles. The van der Waals surface area contributed by atoms with Gasteiger partial charge in [0.2, 0.25) is 5.91 Å². The molecule has 1 aromatic heterocycles. The Labute approximate surface area is 168 Å². The molecule has 0 fully saturated rings. The van der Waals surface area contributed by atoms with Gasteiger partial charge in [0, 0.05) is 11.3 Å². The van der Waals surface area contributed by atoms with Crippen LogP contribution in [0.5, 0.6) is 0 Å². The molecule has 0 spiro atoms. The van der Waals surface area contributed by atoms with Crippen LogP contribution < -0.4 is 10.6 Å². The molecule has 0 unspecified atom stereocenters. The highest BCUT2D eigenvalue weighted by molar-refractivity contribution is 7.17. The molecular formula is C21H24N2O4S. The van der Waals surface area contributed by atoms with E-state index in [2.05, 4.69) is 10.6 Å². The minimum Gasteiger partial charge on any atom is -0.450 e. The molecule has 28 heavy (non-hydrogen) atoms. The van der Waals surface area contributed by atoms with Crippen LogP contribution in [0.25, 0.3) is 0 Å². The Morgan fingerprint density at radius 2 is 1.86 bits per heavy atom. The third-order valence-electron chi connectivity index (χ3n) is 4.63. The monoisotopic (exact) mass is 400 g/mol. The number of carbonyl (C=O) groups excluding carboxylic acids is 3. The van der Waals surface area contributed by atoms with Gasteiger partial charge in [-0.05, 0) is 50.2 Å². The lowest BCUT2D eigenvalue weighted by atomic mass is 9.95. The Morgan fingerprint density at radius 3 is 2.61 bits per heavy atom. The molecule has 0 saturated carbocycles. The van der Waals surface area contributed by atoms with E-state index in [0.717, 1.165) is 41.7 Å². The molecule has 0 radical (unpaired) electrons. The van der Waals surface area contributed by atoms with Crippen LogP contribution in [0.3, 0.4) is 0 Å². The van der Waals surface area contributed by atoms with Gasteiger partial charge in [-0.3, -0.25) is 14.9 Å². The first-order valence-electron chi connectivity index (χ1n) is 9.55. The van der Waals surface area contributed by atoms with Gasteiger partial charge in [0.15, 0.2) is 0 Å². The molecule has 1 heterocycles. The van der Waals surface area contributed by atoms with E-state index in [1.54, 1.807) is 6.92 Å². The molecule has 3 amide bonds. The van der Waals surface area contributed by atoms with Gasteiger partial charge < -0.3 is 10.1 Å². The van der Waals surface area contributed by atoms with E-state index in [1.165, 1.54) is 11.3 Å². The lowest BCUT2D eigenvalue weighted by Crippen LogP contribution is -2.32. The topological polar surface area (TPSA) is 84.5 Å². The van der Waals surface area contributed by atoms with Gasteiger partial charge in [-0.2, -0.15) is 0 Å². The molecule has 3 rings (SSSR count). The second kappa shape index (κ2) is 9.50. The van der Waals surface area contributed by atoms with Crippen molar-refractivity contribution in [2.45, 2.75) is 45.4 Å². The van der Waals surface area contributed by atoms with E-state index in [9.17, 15) is 14.4 Å². The largest absolute Gasteiger partial charge is 0.450 e. The van der Waals surface area contributed by atoms with E-state index in [1.807, 2.05) is 30.3 Å². The lowest BCUT2D eigenvalue weighted by molar-refractivity contribution is -0.116. The molecule has 2 aromatic rings. The number of hydrogen-bond acceptors (Lipinski definition) is 5. The van der Waals surface area contributed by atoms with Crippen LogP contribution in [0.2, 0.25) is 0 Å². The number of anilines is 1. The van der Waals surface area contributed by atoms with Crippen LogP contribution in [0.4, 0.5) is 9.80 Å². The average Bonchev–Trinajstić information content (AvgIpc) is 3.05. The maximum absolute atomic E-state index is 12.7. The van der Waals surface area contributed by atoms with Gasteiger partial charge in [0.05, 0.1) is 12.2 Å². The summed E-state index contributed by atoms with van der Waals surface area (Å²) in [5.74, 6) is -0.663. The fourth-order valence-corrected chi connectivity index (χ4v) is 4.61. The van der Waals surface area contributed by atoms with Crippen molar-refractivity contribution in [2.75, 3.05) is 11.9 Å². The fourth-order valence-electron chi connectivity index (χ4n) is 3.31. The molecule has 2 N–H and O–H groups in total. The first-order valence-corrected chi connectivity index (χ1v) is 10.4. The summed E-state index contributed by atoms with van der Waals surface area (Å²) in [6.45, 7) is 1.86. The summed E-state index contributed by atoms with van der Waals surface area (Å²) in [4.78, 5) is 37.9. The zero-order chi connectivity index (χ0) is 19.9. The molecule has 1 aromatic carbocycles. The SMILES string of the molecule is CCOC(=O)NC(=O)c1c(NC(=O)CCc2ccccc2)sc2c1CCCC2. The third kappa shape index (κ3) is 4.98. The number of carbonyl (C=O) groups is 3. The molecule has 0 bridgehead atoms. The number of ether oxygens (including phenoxy) is 1. The van der Waals surface area contributed by atoms with Crippen LogP contribution in [0, 0.1) is 0 Å². The van der Waals surface area contributed by atoms with Gasteiger partial charge in [0.1, 0.15) is 5.00 Å². The minimum atomic E-state index is -0.774. The molecule has 7 heteroatoms. The van der Waals surface area contributed by atoms with Crippen LogP contribution in [0.1, 0.15) is 52.5 Å². The number of hydrogen-bond donors (Lipinski definition) is 2. The number of amides is 3. The van der Waals surface area contributed by atoms with Crippen LogP contribution in [0.15, 0.2) is 30.3 Å². The Bertz CT molecular complexity index is 861. The number of aryl methyl sites for hydroxylation is 2. The summed E-state index contributed by atoms with van der Waals surface area (Å²) in [6.07, 6.45) is 3.90. The molecule has 0 aliphatic heterocycles. The van der Waals surface area contributed by atoms with Crippen molar-refractivity contribution in [3.8, 4) is 0 Å². The summed E-state index contributed by atoms with van der Waals surface area (Å²) in [5.41, 5.74) is 2.43. The zero-order valence-electron chi connectivity index (χ0n) is 15.9. The molecule has 6 nitrogen and oxygen atoms in total. The number of alkyl carbamates (subject to hydrolysis) is 1. The average molecular weight is 401 g/mol. The number of nitrogens with one attached hydrogen (secondary N) is 2. The number of benzene rings is 1. The Hall–Kier alpha value is -2.67. The second-order valence-corrected chi connectivity index (χ2v) is 7.73. The van der Waals surface area contributed by atoms with Crippen molar-refractivity contribution in [3.63, 3.8) is 0 Å². The van der Waals surface area contributed by atoms with Crippen molar-refractivity contribution in [2.24, 2.45) is 0 Å². The number of rotatable bonds is 6. The maximum atomic E-state index is 12.7. The number of fused-ring (bicyclic) bond motifs is 1. The quantitative estimate of drug-likeness (QED) is 0.765. The lowest BCUT2D eigenvalue weighted by Gasteiger charge is -2.13. The van der Waals surface area contributed by atoms with Crippen molar-refractivity contribution in [1.29, 1.82) is 0 Å². The fraction of sp³-hybridized carbons (Fsp3) is 0.381. The molecular weight excluding hydrogens is 376 g/mol. The molecule has 1 aliphatic carbocycles. The summed E-state index contributed by atoms with van der Waals surface area (Å²) < 4.78 is 4.81. The molecule has 148 valence electrons. The first kappa shape index (κ1) is 20.1. The van der Waals surface area contributed by atoms with Crippen molar-refractivity contribution >= 4 is 34.2 Å². The standard InChI is InChI=1S/C21H24N2O4S/c1-2-27-21(26)23-19(25)18-15-10-6-7-11-16(15)28-20(18)22-17(24)13-12-14-8-4-3-5-9-14/h3-5,8-9H,2,6-7,10-13H2,1H3,(H,22,24)(H,23,25,26). The smallest absolute Gasteiger partial charge is 0.414 e. The molecule has 0 atom stereocenters. The molecule has 1 aliphatic rings. The highest BCUT2D eigenvalue weighted by Crippen LogP contribution is 2.38. The number of imide groups is 1. The van der Waals surface area contributed by atoms with Gasteiger partial charge in [-0.15, -0.1) is 11.3 Å². The second-order valence-electron chi connectivity index (χ2n) is 6.62. The third-order valence-corrected chi connectivity index (χ3v) is 5.83. The Kier molecular flexibility index (Phi) is 6.81. The highest BCUT2D eigenvalue weighted by atomic mass is 32.1. The Morgan fingerprint density at radius 1 is 1.11 bits per heavy atom. The van der Waals surface area contributed by atoms with Gasteiger partial charge in [-0.25, -0.2) is 4.79 Å². The number of thiophene rings is 1. The summed E-state index contributed by atoms with van der Waals surface area (Å²) >= 11 is 1.44. The first-order chi connectivity index (χ1) is 13.6. The van der Waals surface area contributed by atoms with Gasteiger partial charge in [-0.1, -0.05) is 30.3 Å². The maximum Gasteiger partial charge on any atom is 0.414 e. The van der Waals surface area contributed by atoms with E-state index >= 15 is 0 Å². The van der Waals surface area contributed by atoms with Crippen LogP contribution in [-0.4, -0.2) is 24.5 Å². The summed E-state index contributed by atoms with van der Waals surface area (Å²) in [5, 5.41) is 5.67. The highest BCUT2D eigenvalue weighted by Gasteiger charge is 2.27. The van der Waals surface area contributed by atoms with Gasteiger partial charge >= 0.3 is 6.09 Å². The zero-order valence-corrected chi connectivity index (χ0v) is 16.7. The minimum absolute atomic E-state index is 0.146. The van der Waals surface area contributed by atoms with E-state index in [4.69, 9.17) is 4.74 Å². The van der Waals surface area contributed by atoms with Crippen molar-refractivity contribution in [3.05, 3.63) is 51.9 Å². The van der Waals surface area contributed by atoms with Crippen LogP contribution in [-0.2, 0) is 28.8 Å². The van der Waals surface area contributed by atoms with E-state index in [0.29, 0.717) is 23.4 Å². The predicted octanol–water partition coefficient (Wildman–Crippen LogP) is 4.08. The van der Waals surface area contributed by atoms with Crippen LogP contribution >= 0.6 is 11.3 Å². The normalized spacial score (nSPS) is 12.8. The van der Waals surface area contributed by atoms with Crippen molar-refractivity contribution in [1.82, 2.24) is 5.32 Å². The van der Waals surface area contributed by atoms with Gasteiger partial charge in [0.25, 0.3) is 5.91 Å². The van der Waals surface area contributed by atoms with Crippen molar-refractivity contribution < 1.29 is 19.1 Å². The Balaban J connectivity index is 1.74. The van der Waals surface area contributed by atoms with E-state index in [-0.39, 0.29) is 12.5 Å². The predicted molar refractivity (Wildman–Crippen MR) is 109 cm³/mol. The summed E-state index contributed by atoms with van der Waals surface area (Å²) in [7, 11) is 0. The van der Waals surface area contributed by atoms with E-state index < -0.39 is 12.0 Å².